The van der Waals surface area contributed by atoms with Gasteiger partial charge in [-0.3, -0.25) is 0 Å². The van der Waals surface area contributed by atoms with E-state index >= 15 is 0 Å². The molecule has 0 aliphatic rings. The summed E-state index contributed by atoms with van der Waals surface area (Å²) in [5.41, 5.74) is 0. The second-order valence-electron chi connectivity index (χ2n) is 2.56. The number of hydrogen-bond acceptors (Lipinski definition) is 2. The van der Waals surface area contributed by atoms with Crippen molar-refractivity contribution < 1.29 is 5.21 Å². The van der Waals surface area contributed by atoms with Crippen LogP contribution < -0.4 is 0 Å². The van der Waals surface area contributed by atoms with Gasteiger partial charge in [-0.1, -0.05) is 19.8 Å². The fourth-order valence-corrected chi connectivity index (χ4v) is 0.686. The molecule has 0 bridgehead atoms. The molecular formula is C7H17NO. The lowest BCUT2D eigenvalue weighted by Crippen LogP contribution is -2.24. The first kappa shape index (κ1) is 8.92. The largest absolute Gasteiger partial charge is 0.314 e. The zero-order valence-electron chi connectivity index (χ0n) is 6.59. The van der Waals surface area contributed by atoms with Crippen molar-refractivity contribution in [2.45, 2.75) is 39.2 Å². The fourth-order valence-electron chi connectivity index (χ4n) is 0.686. The molecule has 0 rings (SSSR count). The van der Waals surface area contributed by atoms with Gasteiger partial charge in [-0.2, -0.15) is 5.06 Å². The van der Waals surface area contributed by atoms with E-state index in [1.807, 2.05) is 6.92 Å². The summed E-state index contributed by atoms with van der Waals surface area (Å²) in [5.74, 6) is 0. The van der Waals surface area contributed by atoms with Crippen molar-refractivity contribution in [2.24, 2.45) is 0 Å². The summed E-state index contributed by atoms with van der Waals surface area (Å²) in [6, 6.07) is 0.310. The van der Waals surface area contributed by atoms with E-state index in [4.69, 9.17) is 5.21 Å². The molecule has 2 nitrogen and oxygen atoms in total. The molecule has 0 saturated carbocycles. The molecule has 2 heteroatoms. The minimum atomic E-state index is 0.310. The highest BCUT2D eigenvalue weighted by Gasteiger charge is 2.03. The fraction of sp³-hybridized carbons (Fsp3) is 1.00. The molecule has 1 unspecified atom stereocenters. The highest BCUT2D eigenvalue weighted by molar-refractivity contribution is 4.53. The molecule has 0 fully saturated rings. The van der Waals surface area contributed by atoms with Gasteiger partial charge in [0.15, 0.2) is 0 Å². The van der Waals surface area contributed by atoms with Crippen molar-refractivity contribution in [3.63, 3.8) is 0 Å². The Morgan fingerprint density at radius 2 is 2.11 bits per heavy atom. The summed E-state index contributed by atoms with van der Waals surface area (Å²) in [5, 5.41) is 10.2. The lowest BCUT2D eigenvalue weighted by atomic mass is 10.1. The Kier molecular flexibility index (Phi) is 4.72. The van der Waals surface area contributed by atoms with Crippen LogP contribution in [0.5, 0.6) is 0 Å². The van der Waals surface area contributed by atoms with Gasteiger partial charge in [0.05, 0.1) is 0 Å². The van der Waals surface area contributed by atoms with Gasteiger partial charge < -0.3 is 5.21 Å². The van der Waals surface area contributed by atoms with E-state index < -0.39 is 0 Å². The van der Waals surface area contributed by atoms with Crippen molar-refractivity contribution in [3.8, 4) is 0 Å². The van der Waals surface area contributed by atoms with E-state index in [1.54, 1.807) is 7.05 Å². The lowest BCUT2D eigenvalue weighted by Gasteiger charge is -2.16. The number of rotatable bonds is 4. The Bertz CT molecular complexity index is 63.9. The molecule has 0 spiro atoms. The van der Waals surface area contributed by atoms with Crippen molar-refractivity contribution in [2.75, 3.05) is 7.05 Å². The smallest absolute Gasteiger partial charge is 0.0318 e. The number of unbranched alkanes of at least 4 members (excludes halogenated alkanes) is 1. The molecule has 0 aliphatic heterocycles. The zero-order valence-corrected chi connectivity index (χ0v) is 6.59. The second-order valence-corrected chi connectivity index (χ2v) is 2.56. The minimum absolute atomic E-state index is 0.310. The highest BCUT2D eigenvalue weighted by atomic mass is 16.5. The first-order valence-electron chi connectivity index (χ1n) is 3.60. The summed E-state index contributed by atoms with van der Waals surface area (Å²) in [6.07, 6.45) is 3.49. The third-order valence-corrected chi connectivity index (χ3v) is 1.61. The Hall–Kier alpha value is -0.0800. The predicted molar refractivity (Wildman–Crippen MR) is 38.5 cm³/mol. The number of hydrogen-bond donors (Lipinski definition) is 1. The molecule has 9 heavy (non-hydrogen) atoms. The first-order valence-corrected chi connectivity index (χ1v) is 3.60. The maximum absolute atomic E-state index is 8.88. The van der Waals surface area contributed by atoms with Gasteiger partial charge in [-0.05, 0) is 13.3 Å². The average Bonchev–Trinajstić information content (AvgIpc) is 1.82. The normalized spacial score (nSPS) is 14.3. The van der Waals surface area contributed by atoms with Crippen LogP contribution in [0, 0.1) is 0 Å². The molecule has 0 saturated heterocycles. The van der Waals surface area contributed by atoms with Gasteiger partial charge in [0.1, 0.15) is 0 Å². The molecule has 0 aromatic heterocycles. The lowest BCUT2D eigenvalue weighted by molar-refractivity contribution is -0.0989. The average molecular weight is 131 g/mol. The molecule has 56 valence electrons. The summed E-state index contributed by atoms with van der Waals surface area (Å²) in [4.78, 5) is 0. The Morgan fingerprint density at radius 1 is 1.56 bits per heavy atom. The first-order chi connectivity index (χ1) is 4.18. The van der Waals surface area contributed by atoms with E-state index in [-0.39, 0.29) is 0 Å². The standard InChI is InChI=1S/C7H17NO/c1-4-5-6-7(2)8(3)9/h7,9H,4-6H2,1-3H3. The predicted octanol–water partition coefficient (Wildman–Crippen LogP) is 1.89. The third kappa shape index (κ3) is 4.43. The quantitative estimate of drug-likeness (QED) is 0.589. The van der Waals surface area contributed by atoms with Crippen LogP contribution in [0.25, 0.3) is 0 Å². The SMILES string of the molecule is CCCCC(C)N(C)O. The highest BCUT2D eigenvalue weighted by Crippen LogP contribution is 2.03. The van der Waals surface area contributed by atoms with Crippen LogP contribution >= 0.6 is 0 Å². The summed E-state index contributed by atoms with van der Waals surface area (Å²) in [6.45, 7) is 4.18. The van der Waals surface area contributed by atoms with E-state index in [9.17, 15) is 0 Å². The molecule has 0 aromatic carbocycles. The van der Waals surface area contributed by atoms with Crippen LogP contribution in [-0.4, -0.2) is 23.4 Å². The Labute approximate surface area is 57.4 Å². The molecule has 0 amide bonds. The van der Waals surface area contributed by atoms with E-state index in [1.165, 1.54) is 17.9 Å². The van der Waals surface area contributed by atoms with Gasteiger partial charge in [-0.25, -0.2) is 0 Å². The van der Waals surface area contributed by atoms with Crippen LogP contribution in [0.15, 0.2) is 0 Å². The monoisotopic (exact) mass is 131 g/mol. The Morgan fingerprint density at radius 3 is 2.44 bits per heavy atom. The van der Waals surface area contributed by atoms with Crippen molar-refractivity contribution >= 4 is 0 Å². The maximum atomic E-state index is 8.88. The molecule has 0 heterocycles. The minimum Gasteiger partial charge on any atom is -0.314 e. The van der Waals surface area contributed by atoms with Crippen LogP contribution in [0.1, 0.15) is 33.1 Å². The van der Waals surface area contributed by atoms with Crippen LogP contribution in [0.3, 0.4) is 0 Å². The van der Waals surface area contributed by atoms with Gasteiger partial charge in [0.2, 0.25) is 0 Å². The maximum Gasteiger partial charge on any atom is 0.0318 e. The number of hydroxylamine groups is 2. The molecule has 0 radical (unpaired) electrons. The zero-order chi connectivity index (χ0) is 7.28. The summed E-state index contributed by atoms with van der Waals surface area (Å²) in [7, 11) is 1.69. The summed E-state index contributed by atoms with van der Waals surface area (Å²) >= 11 is 0. The molecule has 0 aliphatic carbocycles. The van der Waals surface area contributed by atoms with Crippen molar-refractivity contribution in [3.05, 3.63) is 0 Å². The van der Waals surface area contributed by atoms with Gasteiger partial charge in [0, 0.05) is 13.1 Å². The molecule has 1 atom stereocenters. The Balaban J connectivity index is 3.16. The van der Waals surface area contributed by atoms with Crippen LogP contribution in [0.4, 0.5) is 0 Å². The van der Waals surface area contributed by atoms with Crippen LogP contribution in [-0.2, 0) is 0 Å². The van der Waals surface area contributed by atoms with Gasteiger partial charge >= 0.3 is 0 Å². The molecule has 0 aromatic rings. The van der Waals surface area contributed by atoms with Crippen molar-refractivity contribution in [1.82, 2.24) is 5.06 Å². The molecular weight excluding hydrogens is 114 g/mol. The molecule has 1 N–H and O–H groups in total. The topological polar surface area (TPSA) is 23.5 Å². The van der Waals surface area contributed by atoms with E-state index in [0.717, 1.165) is 6.42 Å². The number of nitrogens with zero attached hydrogens (tertiary/aromatic N) is 1. The van der Waals surface area contributed by atoms with E-state index in [0.29, 0.717) is 6.04 Å². The van der Waals surface area contributed by atoms with Crippen molar-refractivity contribution in [1.29, 1.82) is 0 Å². The van der Waals surface area contributed by atoms with E-state index in [2.05, 4.69) is 6.92 Å². The third-order valence-electron chi connectivity index (χ3n) is 1.61. The van der Waals surface area contributed by atoms with Gasteiger partial charge in [0.25, 0.3) is 0 Å². The summed E-state index contributed by atoms with van der Waals surface area (Å²) < 4.78 is 0. The van der Waals surface area contributed by atoms with Gasteiger partial charge in [-0.15, -0.1) is 0 Å². The second kappa shape index (κ2) is 4.77. The van der Waals surface area contributed by atoms with Crippen LogP contribution in [0.2, 0.25) is 0 Å².